The van der Waals surface area contributed by atoms with Gasteiger partial charge in [0.05, 0.1) is 6.04 Å². The van der Waals surface area contributed by atoms with E-state index in [0.29, 0.717) is 12.8 Å². The number of benzene rings is 1. The summed E-state index contributed by atoms with van der Waals surface area (Å²) in [4.78, 5) is 20.5. The smallest absolute Gasteiger partial charge is 0.223 e. The maximum atomic E-state index is 10.4. The zero-order chi connectivity index (χ0) is 10.4. The molecule has 73 valence electrons. The Morgan fingerprint density at radius 1 is 1.43 bits per heavy atom. The first-order valence-electron chi connectivity index (χ1n) is 4.11. The fourth-order valence-electron chi connectivity index (χ4n) is 1.08. The molecule has 4 heteroatoms. The highest BCUT2D eigenvalue weighted by Crippen LogP contribution is 2.10. The summed E-state index contributed by atoms with van der Waals surface area (Å²) in [5.74, 6) is 0.170. The first-order chi connectivity index (χ1) is 6.76. The molecule has 1 aromatic rings. The second-order valence-electron chi connectivity index (χ2n) is 2.83. The Morgan fingerprint density at radius 3 is 2.57 bits per heavy atom. The van der Waals surface area contributed by atoms with Crippen molar-refractivity contribution in [3.8, 4) is 5.75 Å². The number of carbonyl (C=O) groups is 1. The van der Waals surface area contributed by atoms with Crippen molar-refractivity contribution < 1.29 is 14.7 Å². The molecule has 0 aliphatic heterocycles. The van der Waals surface area contributed by atoms with Gasteiger partial charge in [0.2, 0.25) is 12.7 Å². The Bertz CT molecular complexity index is 308. The molecule has 4 nitrogen and oxygen atoms in total. The first kappa shape index (κ1) is 10.2. The van der Waals surface area contributed by atoms with Gasteiger partial charge in [-0.15, -0.1) is 0 Å². The van der Waals surface area contributed by atoms with Crippen molar-refractivity contribution in [3.05, 3.63) is 29.8 Å². The number of phenolic OH excluding ortho intramolecular Hbond substituents is 1. The van der Waals surface area contributed by atoms with E-state index in [1.807, 2.05) is 0 Å². The lowest BCUT2D eigenvalue weighted by Gasteiger charge is -2.07. The maximum Gasteiger partial charge on any atom is 0.223 e. The SMILES string of the molecule is O=[C][C@H](Cc1ccc(O)cc1)NC=O. The highest BCUT2D eigenvalue weighted by Gasteiger charge is 2.07. The minimum absolute atomic E-state index is 0.170. The van der Waals surface area contributed by atoms with Crippen LogP contribution in [0.2, 0.25) is 0 Å². The molecule has 1 aromatic carbocycles. The van der Waals surface area contributed by atoms with Crippen LogP contribution >= 0.6 is 0 Å². The van der Waals surface area contributed by atoms with Gasteiger partial charge in [0.15, 0.2) is 0 Å². The quantitative estimate of drug-likeness (QED) is 0.653. The molecule has 0 aromatic heterocycles. The van der Waals surface area contributed by atoms with Crippen molar-refractivity contribution in [1.82, 2.24) is 5.32 Å². The Hall–Kier alpha value is -1.84. The maximum absolute atomic E-state index is 10.4. The Balaban J connectivity index is 2.62. The van der Waals surface area contributed by atoms with Crippen molar-refractivity contribution >= 4 is 12.7 Å². The van der Waals surface area contributed by atoms with Crippen LogP contribution < -0.4 is 5.32 Å². The van der Waals surface area contributed by atoms with Crippen molar-refractivity contribution in [1.29, 1.82) is 0 Å². The van der Waals surface area contributed by atoms with Gasteiger partial charge in [-0.25, -0.2) is 0 Å². The predicted octanol–water partition coefficient (Wildman–Crippen LogP) is 0.159. The Morgan fingerprint density at radius 2 is 2.07 bits per heavy atom. The third-order valence-corrected chi connectivity index (χ3v) is 1.79. The molecule has 0 saturated carbocycles. The number of hydrogen-bond acceptors (Lipinski definition) is 3. The zero-order valence-electron chi connectivity index (χ0n) is 7.43. The van der Waals surface area contributed by atoms with Crippen LogP contribution in [0.5, 0.6) is 5.75 Å². The van der Waals surface area contributed by atoms with Crippen LogP contribution in [0.3, 0.4) is 0 Å². The van der Waals surface area contributed by atoms with E-state index in [9.17, 15) is 9.59 Å². The highest BCUT2D eigenvalue weighted by molar-refractivity contribution is 5.64. The van der Waals surface area contributed by atoms with E-state index in [4.69, 9.17) is 5.11 Å². The molecular formula is C10H10NO3. The Kier molecular flexibility index (Phi) is 3.67. The highest BCUT2D eigenvalue weighted by atomic mass is 16.3. The topological polar surface area (TPSA) is 66.4 Å². The number of aromatic hydroxyl groups is 1. The van der Waals surface area contributed by atoms with Gasteiger partial charge in [-0.05, 0) is 17.7 Å². The summed E-state index contributed by atoms with van der Waals surface area (Å²) < 4.78 is 0. The van der Waals surface area contributed by atoms with Gasteiger partial charge >= 0.3 is 0 Å². The van der Waals surface area contributed by atoms with Gasteiger partial charge < -0.3 is 10.4 Å². The number of carbonyl (C=O) groups excluding carboxylic acids is 2. The molecule has 0 unspecified atom stereocenters. The van der Waals surface area contributed by atoms with Gasteiger partial charge in [-0.2, -0.15) is 0 Å². The molecule has 1 radical (unpaired) electrons. The summed E-state index contributed by atoms with van der Waals surface area (Å²) in [6.07, 6.45) is 2.56. The van der Waals surface area contributed by atoms with Crippen LogP contribution in [0.1, 0.15) is 5.56 Å². The molecule has 1 rings (SSSR count). The molecule has 0 spiro atoms. The molecule has 0 aliphatic rings. The average Bonchev–Trinajstić information content (AvgIpc) is 2.20. The van der Waals surface area contributed by atoms with Crippen molar-refractivity contribution in [2.75, 3.05) is 0 Å². The van der Waals surface area contributed by atoms with E-state index < -0.39 is 6.04 Å². The van der Waals surface area contributed by atoms with Crippen LogP contribution in [0.25, 0.3) is 0 Å². The average molecular weight is 192 g/mol. The van der Waals surface area contributed by atoms with Gasteiger partial charge in [0.1, 0.15) is 5.75 Å². The van der Waals surface area contributed by atoms with E-state index in [-0.39, 0.29) is 5.75 Å². The Labute approximate surface area is 81.6 Å². The monoisotopic (exact) mass is 192 g/mol. The summed E-state index contributed by atoms with van der Waals surface area (Å²) in [6, 6.07) is 5.80. The molecule has 0 heterocycles. The van der Waals surface area contributed by atoms with Crippen LogP contribution in [-0.4, -0.2) is 23.8 Å². The molecule has 2 N–H and O–H groups in total. The number of phenols is 1. The minimum atomic E-state index is -0.628. The third kappa shape index (κ3) is 2.90. The standard InChI is InChI=1S/C10H10NO3/c12-6-9(11-7-13)5-8-1-3-10(14)4-2-8/h1-4,7,9,14H,5H2,(H,11,13)/t9-/m0/s1. The number of hydrogen-bond donors (Lipinski definition) is 2. The molecule has 1 amide bonds. The van der Waals surface area contributed by atoms with Crippen LogP contribution in [0.4, 0.5) is 0 Å². The predicted molar refractivity (Wildman–Crippen MR) is 50.5 cm³/mol. The second-order valence-corrected chi connectivity index (χ2v) is 2.83. The second kappa shape index (κ2) is 5.01. The number of rotatable bonds is 5. The van der Waals surface area contributed by atoms with Crippen LogP contribution in [0, 0.1) is 0 Å². The summed E-state index contributed by atoms with van der Waals surface area (Å²) in [7, 11) is 0. The molecule has 0 bridgehead atoms. The van der Waals surface area contributed by atoms with Gasteiger partial charge in [-0.1, -0.05) is 12.1 Å². The van der Waals surface area contributed by atoms with E-state index in [1.165, 1.54) is 12.1 Å². The van der Waals surface area contributed by atoms with E-state index >= 15 is 0 Å². The van der Waals surface area contributed by atoms with E-state index in [1.54, 1.807) is 18.4 Å². The summed E-state index contributed by atoms with van der Waals surface area (Å²) in [6.45, 7) is 0. The first-order valence-corrected chi connectivity index (χ1v) is 4.11. The van der Waals surface area contributed by atoms with E-state index in [0.717, 1.165) is 5.56 Å². The van der Waals surface area contributed by atoms with Gasteiger partial charge in [0, 0.05) is 6.42 Å². The summed E-state index contributed by atoms with van der Waals surface area (Å²) >= 11 is 0. The van der Waals surface area contributed by atoms with Crippen molar-refractivity contribution in [2.24, 2.45) is 0 Å². The van der Waals surface area contributed by atoms with E-state index in [2.05, 4.69) is 5.32 Å². The normalized spacial score (nSPS) is 11.7. The molecule has 0 aliphatic carbocycles. The van der Waals surface area contributed by atoms with Crippen molar-refractivity contribution in [3.63, 3.8) is 0 Å². The zero-order valence-corrected chi connectivity index (χ0v) is 7.43. The van der Waals surface area contributed by atoms with Crippen molar-refractivity contribution in [2.45, 2.75) is 12.5 Å². The largest absolute Gasteiger partial charge is 0.508 e. The fraction of sp³-hybridized carbons (Fsp3) is 0.200. The summed E-state index contributed by atoms with van der Waals surface area (Å²) in [5, 5.41) is 11.3. The number of amides is 1. The van der Waals surface area contributed by atoms with Gasteiger partial charge in [0.25, 0.3) is 0 Å². The fourth-order valence-corrected chi connectivity index (χ4v) is 1.08. The molecular weight excluding hydrogens is 182 g/mol. The summed E-state index contributed by atoms with van der Waals surface area (Å²) in [5.41, 5.74) is 0.852. The van der Waals surface area contributed by atoms with Gasteiger partial charge in [-0.3, -0.25) is 9.59 Å². The van der Waals surface area contributed by atoms with Crippen LogP contribution in [0.15, 0.2) is 24.3 Å². The molecule has 0 fully saturated rings. The molecule has 14 heavy (non-hydrogen) atoms. The lowest BCUT2D eigenvalue weighted by Crippen LogP contribution is -2.31. The lowest BCUT2D eigenvalue weighted by molar-refractivity contribution is -0.109. The minimum Gasteiger partial charge on any atom is -0.508 e. The molecule has 0 saturated heterocycles. The number of nitrogens with one attached hydrogen (secondary N) is 1. The molecule has 1 atom stereocenters. The third-order valence-electron chi connectivity index (χ3n) is 1.79. The van der Waals surface area contributed by atoms with Crippen LogP contribution in [-0.2, 0) is 16.0 Å². The lowest BCUT2D eigenvalue weighted by atomic mass is 10.1.